The molecule has 2 bridgehead atoms. The van der Waals surface area contributed by atoms with Gasteiger partial charge in [0.05, 0.1) is 6.04 Å². The standard InChI is InChI=1S/C13H19N5O6S/c14-8-2-1-7(5-8)11-15-16-12(23-11)10-4-3-9-6-17(10)13(19)18(9)24-25(20,21)22/h7-10H,1-6,14H2,(H,20,21,22)/t7-,8+,9+,10-/m0/s1. The molecule has 1 aliphatic carbocycles. The van der Waals surface area contributed by atoms with Gasteiger partial charge in [-0.25, -0.2) is 13.2 Å². The summed E-state index contributed by atoms with van der Waals surface area (Å²) < 4.78 is 42.5. The van der Waals surface area contributed by atoms with E-state index < -0.39 is 28.5 Å². The summed E-state index contributed by atoms with van der Waals surface area (Å²) in [6.45, 7) is 0.241. The van der Waals surface area contributed by atoms with E-state index in [1.165, 1.54) is 4.90 Å². The number of nitrogens with two attached hydrogens (primary N) is 1. The molecule has 138 valence electrons. The van der Waals surface area contributed by atoms with E-state index in [9.17, 15) is 17.8 Å². The minimum atomic E-state index is -5.01. The average Bonchev–Trinajstić information content (AvgIpc) is 3.23. The molecule has 2 amide bonds. The molecular weight excluding hydrogens is 354 g/mol. The number of nitrogens with zero attached hydrogens (tertiary/aromatic N) is 4. The maximum atomic E-state index is 12.4. The van der Waals surface area contributed by atoms with E-state index in [0.29, 0.717) is 29.7 Å². The number of fused-ring (bicyclic) bond motifs is 2. The quantitative estimate of drug-likeness (QED) is 0.571. The third-order valence-corrected chi connectivity index (χ3v) is 5.40. The topological polar surface area (TPSA) is 155 Å². The van der Waals surface area contributed by atoms with Crippen molar-refractivity contribution < 1.29 is 27.9 Å². The van der Waals surface area contributed by atoms with E-state index in [4.69, 9.17) is 10.2 Å². The van der Waals surface area contributed by atoms with Crippen LogP contribution in [0.1, 0.15) is 57.3 Å². The fourth-order valence-electron chi connectivity index (χ4n) is 3.87. The van der Waals surface area contributed by atoms with Crippen molar-refractivity contribution in [2.45, 2.75) is 56.1 Å². The van der Waals surface area contributed by atoms with Gasteiger partial charge in [-0.1, -0.05) is 0 Å². The van der Waals surface area contributed by atoms with Crippen molar-refractivity contribution in [2.75, 3.05) is 6.54 Å². The van der Waals surface area contributed by atoms with Gasteiger partial charge in [0.2, 0.25) is 22.2 Å². The Morgan fingerprint density at radius 2 is 2.00 bits per heavy atom. The zero-order chi connectivity index (χ0) is 17.8. The van der Waals surface area contributed by atoms with Crippen LogP contribution in [0.4, 0.5) is 4.79 Å². The van der Waals surface area contributed by atoms with Crippen molar-refractivity contribution in [3.63, 3.8) is 0 Å². The van der Waals surface area contributed by atoms with Gasteiger partial charge in [-0.2, -0.15) is 9.35 Å². The van der Waals surface area contributed by atoms with Crippen molar-refractivity contribution in [2.24, 2.45) is 5.73 Å². The molecule has 0 radical (unpaired) electrons. The Kier molecular flexibility index (Phi) is 3.94. The number of hydrogen-bond acceptors (Lipinski definition) is 9. The molecule has 3 aliphatic rings. The molecule has 12 heteroatoms. The van der Waals surface area contributed by atoms with Crippen molar-refractivity contribution in [1.82, 2.24) is 20.2 Å². The Bertz CT molecular complexity index is 788. The lowest BCUT2D eigenvalue weighted by Gasteiger charge is -2.27. The highest BCUT2D eigenvalue weighted by Gasteiger charge is 2.48. The monoisotopic (exact) mass is 373 g/mol. The highest BCUT2D eigenvalue weighted by atomic mass is 32.3. The summed E-state index contributed by atoms with van der Waals surface area (Å²) in [6.07, 6.45) is 3.57. The summed E-state index contributed by atoms with van der Waals surface area (Å²) in [4.78, 5) is 13.8. The number of carbonyl (C=O) groups excluding carboxylic acids is 1. The second-order valence-corrected chi connectivity index (χ2v) is 7.70. The van der Waals surface area contributed by atoms with Crippen LogP contribution in [0.3, 0.4) is 0 Å². The van der Waals surface area contributed by atoms with E-state index in [1.54, 1.807) is 0 Å². The van der Waals surface area contributed by atoms with Crippen molar-refractivity contribution >= 4 is 16.4 Å². The van der Waals surface area contributed by atoms with E-state index in [0.717, 1.165) is 19.3 Å². The zero-order valence-corrected chi connectivity index (χ0v) is 14.1. The maximum Gasteiger partial charge on any atom is 1.00 e. The number of rotatable bonds is 4. The Labute approximate surface area is 145 Å². The van der Waals surface area contributed by atoms with Gasteiger partial charge < -0.3 is 19.6 Å². The van der Waals surface area contributed by atoms with Crippen LogP contribution in [0.15, 0.2) is 4.42 Å². The van der Waals surface area contributed by atoms with Crippen LogP contribution in [0.2, 0.25) is 0 Å². The molecule has 1 aromatic heterocycles. The molecule has 25 heavy (non-hydrogen) atoms. The van der Waals surface area contributed by atoms with E-state index in [1.807, 2.05) is 0 Å². The first-order chi connectivity index (χ1) is 11.8. The highest BCUT2D eigenvalue weighted by molar-refractivity contribution is 7.80. The van der Waals surface area contributed by atoms with Crippen LogP contribution in [0, 0.1) is 0 Å². The number of hydrogen-bond donors (Lipinski definition) is 1. The summed E-state index contributed by atoms with van der Waals surface area (Å²) in [5, 5.41) is 8.80. The predicted octanol–water partition coefficient (Wildman–Crippen LogP) is 0.110. The molecule has 0 unspecified atom stereocenters. The molecule has 4 atom stereocenters. The fraction of sp³-hybridized carbons (Fsp3) is 0.769. The van der Waals surface area contributed by atoms with E-state index >= 15 is 0 Å². The van der Waals surface area contributed by atoms with Crippen LogP contribution in [-0.4, -0.2) is 57.8 Å². The molecule has 1 saturated carbocycles. The molecule has 2 aliphatic heterocycles. The molecule has 3 fully saturated rings. The van der Waals surface area contributed by atoms with Crippen molar-refractivity contribution in [3.05, 3.63) is 11.8 Å². The van der Waals surface area contributed by atoms with E-state index in [2.05, 4.69) is 14.5 Å². The van der Waals surface area contributed by atoms with Crippen LogP contribution < -0.4 is 5.73 Å². The van der Waals surface area contributed by atoms with Crippen LogP contribution in [0.5, 0.6) is 0 Å². The first-order valence-corrected chi connectivity index (χ1v) is 9.49. The van der Waals surface area contributed by atoms with Gasteiger partial charge in [-0.05, 0) is 32.1 Å². The zero-order valence-electron chi connectivity index (χ0n) is 14.3. The fourth-order valence-corrected chi connectivity index (χ4v) is 4.25. The third kappa shape index (κ3) is 3.10. The minimum Gasteiger partial charge on any atom is -0.724 e. The number of hydroxylamine groups is 2. The largest absolute Gasteiger partial charge is 1.00 e. The number of piperidine rings is 1. The predicted molar refractivity (Wildman–Crippen MR) is 80.5 cm³/mol. The Morgan fingerprint density at radius 3 is 2.68 bits per heavy atom. The molecule has 1 aromatic rings. The molecule has 0 aromatic carbocycles. The first kappa shape index (κ1) is 16.7. The van der Waals surface area contributed by atoms with Gasteiger partial charge in [-0.3, -0.25) is 0 Å². The number of amides is 2. The smallest absolute Gasteiger partial charge is 0.724 e. The Morgan fingerprint density at radius 1 is 1.24 bits per heavy atom. The number of aromatic nitrogens is 2. The second kappa shape index (κ2) is 5.90. The minimum absolute atomic E-state index is 0. The molecule has 2 saturated heterocycles. The summed E-state index contributed by atoms with van der Waals surface area (Å²) in [6, 6.07) is -1.49. The molecule has 11 nitrogen and oxygen atoms in total. The van der Waals surface area contributed by atoms with Crippen molar-refractivity contribution in [3.8, 4) is 0 Å². The molecule has 0 spiro atoms. The lowest BCUT2D eigenvalue weighted by molar-refractivity contribution is -0.0328. The third-order valence-electron chi connectivity index (χ3n) is 5.06. The summed E-state index contributed by atoms with van der Waals surface area (Å²) in [5.74, 6) is 0.966. The first-order valence-electron chi connectivity index (χ1n) is 8.16. The summed E-state index contributed by atoms with van der Waals surface area (Å²) in [5.41, 5.74) is 5.91. The molecule has 4 rings (SSSR count). The number of carbonyl (C=O) groups is 1. The lowest BCUT2D eigenvalue weighted by atomic mass is 10.0. The van der Waals surface area contributed by atoms with Gasteiger partial charge >= 0.3 is 7.46 Å². The highest BCUT2D eigenvalue weighted by Crippen LogP contribution is 2.40. The van der Waals surface area contributed by atoms with Crippen LogP contribution >= 0.6 is 0 Å². The molecule has 3 heterocycles. The van der Waals surface area contributed by atoms with Gasteiger partial charge in [0.15, 0.2) is 0 Å². The summed E-state index contributed by atoms with van der Waals surface area (Å²) >= 11 is 0. The number of urea groups is 1. The Balaban J connectivity index is 0.00000196. The SMILES string of the molecule is N[C@@H]1CC[C@H](c2nnc([C@@H]3CC[C@@H]4CN3C(=O)N4OS(=O)(=O)[O-])o2)C1.[H+]. The van der Waals surface area contributed by atoms with Gasteiger partial charge in [0, 0.05) is 18.5 Å². The summed E-state index contributed by atoms with van der Waals surface area (Å²) in [7, 11) is -5.01. The Hall–Kier alpha value is -1.76. The van der Waals surface area contributed by atoms with Gasteiger partial charge in [-0.15, -0.1) is 10.2 Å². The molecule has 2 N–H and O–H groups in total. The average molecular weight is 373 g/mol. The maximum absolute atomic E-state index is 12.4. The van der Waals surface area contributed by atoms with Crippen molar-refractivity contribution in [1.29, 1.82) is 0 Å². The molecular formula is C13H19N5O6S. The lowest BCUT2D eigenvalue weighted by Crippen LogP contribution is -2.35. The van der Waals surface area contributed by atoms with E-state index in [-0.39, 0.29) is 19.9 Å². The van der Waals surface area contributed by atoms with Crippen LogP contribution in [-0.2, 0) is 14.7 Å². The van der Waals surface area contributed by atoms with Crippen LogP contribution in [0.25, 0.3) is 0 Å². The van der Waals surface area contributed by atoms with Gasteiger partial charge in [0.1, 0.15) is 6.04 Å². The second-order valence-electron chi connectivity index (χ2n) is 6.74. The normalized spacial score (nSPS) is 32.6. The van der Waals surface area contributed by atoms with Gasteiger partial charge in [0.25, 0.3) is 0 Å².